The van der Waals surface area contributed by atoms with Crippen LogP contribution < -0.4 is 0 Å². The van der Waals surface area contributed by atoms with E-state index in [-0.39, 0.29) is 0 Å². The number of rotatable bonds is 6. The van der Waals surface area contributed by atoms with Crippen LogP contribution in [0.4, 0.5) is 0 Å². The van der Waals surface area contributed by atoms with E-state index in [1.165, 1.54) is 37.7 Å². The summed E-state index contributed by atoms with van der Waals surface area (Å²) < 4.78 is 0. The first-order chi connectivity index (χ1) is 5.79. The van der Waals surface area contributed by atoms with Crippen molar-refractivity contribution in [1.29, 1.82) is 0 Å². The van der Waals surface area contributed by atoms with Gasteiger partial charge >= 0.3 is 0 Å². The van der Waals surface area contributed by atoms with Gasteiger partial charge in [-0.15, -0.1) is 0 Å². The highest BCUT2D eigenvalue weighted by atomic mass is 14.1. The molecule has 0 aliphatic rings. The SMILES string of the molecule is C=CC(CCC)=C(CC)CCC. The molecular weight excluding hydrogens is 144 g/mol. The maximum absolute atomic E-state index is 3.87. The smallest absolute Gasteiger partial charge is 0.0282 e. The van der Waals surface area contributed by atoms with Gasteiger partial charge in [-0.3, -0.25) is 0 Å². The summed E-state index contributed by atoms with van der Waals surface area (Å²) >= 11 is 0. The van der Waals surface area contributed by atoms with E-state index in [0.29, 0.717) is 0 Å². The van der Waals surface area contributed by atoms with Crippen LogP contribution in [0.2, 0.25) is 0 Å². The Kier molecular flexibility index (Phi) is 6.84. The van der Waals surface area contributed by atoms with Gasteiger partial charge in [-0.25, -0.2) is 0 Å². The zero-order valence-corrected chi connectivity index (χ0v) is 8.82. The van der Waals surface area contributed by atoms with E-state index in [0.717, 1.165) is 0 Å². The van der Waals surface area contributed by atoms with Gasteiger partial charge in [0.1, 0.15) is 0 Å². The topological polar surface area (TPSA) is 0 Å². The molecule has 70 valence electrons. The Morgan fingerprint density at radius 3 is 2.00 bits per heavy atom. The van der Waals surface area contributed by atoms with Gasteiger partial charge in [0, 0.05) is 0 Å². The Balaban J connectivity index is 4.37. The molecule has 0 fully saturated rings. The molecular formula is C12H22. The second kappa shape index (κ2) is 7.15. The number of hydrogen-bond donors (Lipinski definition) is 0. The van der Waals surface area contributed by atoms with Crippen molar-refractivity contribution < 1.29 is 0 Å². The zero-order valence-electron chi connectivity index (χ0n) is 8.82. The summed E-state index contributed by atoms with van der Waals surface area (Å²) in [5.41, 5.74) is 3.09. The van der Waals surface area contributed by atoms with E-state index in [9.17, 15) is 0 Å². The second-order valence-electron chi connectivity index (χ2n) is 3.19. The summed E-state index contributed by atoms with van der Waals surface area (Å²) in [7, 11) is 0. The normalized spacial score (nSPS) is 12.6. The summed E-state index contributed by atoms with van der Waals surface area (Å²) in [6.07, 6.45) is 8.16. The molecule has 0 N–H and O–H groups in total. The number of allylic oxidation sites excluding steroid dienone is 3. The van der Waals surface area contributed by atoms with Gasteiger partial charge < -0.3 is 0 Å². The molecule has 0 rings (SSSR count). The van der Waals surface area contributed by atoms with Crippen molar-refractivity contribution in [3.8, 4) is 0 Å². The van der Waals surface area contributed by atoms with Gasteiger partial charge in [0.25, 0.3) is 0 Å². The number of hydrogen-bond acceptors (Lipinski definition) is 0. The molecule has 0 aliphatic carbocycles. The monoisotopic (exact) mass is 166 g/mol. The van der Waals surface area contributed by atoms with E-state index in [1.807, 2.05) is 6.08 Å². The molecule has 0 saturated heterocycles. The molecule has 0 aromatic heterocycles. The summed E-state index contributed by atoms with van der Waals surface area (Å²) in [6, 6.07) is 0. The molecule has 0 bridgehead atoms. The molecule has 0 unspecified atom stereocenters. The quantitative estimate of drug-likeness (QED) is 0.510. The molecule has 0 aromatic rings. The first-order valence-electron chi connectivity index (χ1n) is 5.13. The predicted molar refractivity (Wildman–Crippen MR) is 57.3 cm³/mol. The second-order valence-corrected chi connectivity index (χ2v) is 3.19. The van der Waals surface area contributed by atoms with E-state index in [4.69, 9.17) is 0 Å². The standard InChI is InChI=1S/C12H22/c1-5-9-11(7-3)12(8-4)10-6-2/h7H,3,5-6,8-10H2,1-2,4H3. The lowest BCUT2D eigenvalue weighted by atomic mass is 9.98. The minimum absolute atomic E-state index is 1.19. The van der Waals surface area contributed by atoms with Crippen LogP contribution in [0.25, 0.3) is 0 Å². The lowest BCUT2D eigenvalue weighted by Gasteiger charge is -2.08. The van der Waals surface area contributed by atoms with Crippen LogP contribution in [-0.4, -0.2) is 0 Å². The molecule has 0 radical (unpaired) electrons. The van der Waals surface area contributed by atoms with Gasteiger partial charge in [0.2, 0.25) is 0 Å². The van der Waals surface area contributed by atoms with Crippen LogP contribution in [0.1, 0.15) is 52.9 Å². The highest BCUT2D eigenvalue weighted by Gasteiger charge is 1.99. The molecule has 0 aromatic carbocycles. The van der Waals surface area contributed by atoms with Gasteiger partial charge in [0.05, 0.1) is 0 Å². The first kappa shape index (κ1) is 11.5. The Morgan fingerprint density at radius 1 is 1.08 bits per heavy atom. The highest BCUT2D eigenvalue weighted by molar-refractivity contribution is 5.23. The van der Waals surface area contributed by atoms with Crippen LogP contribution in [-0.2, 0) is 0 Å². The maximum Gasteiger partial charge on any atom is -0.0282 e. The Labute approximate surface area is 77.4 Å². The van der Waals surface area contributed by atoms with Gasteiger partial charge in [-0.05, 0) is 24.8 Å². The molecule has 0 amide bonds. The summed E-state index contributed by atoms with van der Waals surface area (Å²) in [5, 5.41) is 0. The van der Waals surface area contributed by atoms with Crippen molar-refractivity contribution >= 4 is 0 Å². The average Bonchev–Trinajstić information content (AvgIpc) is 2.11. The molecule has 0 spiro atoms. The molecule has 0 atom stereocenters. The lowest BCUT2D eigenvalue weighted by Crippen LogP contribution is -1.88. The summed E-state index contributed by atoms with van der Waals surface area (Å²) in [4.78, 5) is 0. The maximum atomic E-state index is 3.87. The van der Waals surface area contributed by atoms with Crippen molar-refractivity contribution in [2.45, 2.75) is 52.9 Å². The van der Waals surface area contributed by atoms with Crippen LogP contribution in [0, 0.1) is 0 Å². The van der Waals surface area contributed by atoms with Crippen LogP contribution in [0.3, 0.4) is 0 Å². The minimum atomic E-state index is 1.19. The fourth-order valence-corrected chi connectivity index (χ4v) is 1.56. The Hall–Kier alpha value is -0.520. The van der Waals surface area contributed by atoms with Crippen molar-refractivity contribution in [2.75, 3.05) is 0 Å². The summed E-state index contributed by atoms with van der Waals surface area (Å²) in [6.45, 7) is 10.6. The predicted octanol–water partition coefficient (Wildman–Crippen LogP) is 4.48. The van der Waals surface area contributed by atoms with E-state index in [2.05, 4.69) is 27.4 Å². The van der Waals surface area contributed by atoms with E-state index >= 15 is 0 Å². The first-order valence-corrected chi connectivity index (χ1v) is 5.13. The molecule has 0 nitrogen and oxygen atoms in total. The molecule has 0 aliphatic heterocycles. The van der Waals surface area contributed by atoms with Crippen LogP contribution in [0.5, 0.6) is 0 Å². The molecule has 0 heteroatoms. The van der Waals surface area contributed by atoms with Crippen molar-refractivity contribution in [3.63, 3.8) is 0 Å². The largest absolute Gasteiger partial charge is 0.0988 e. The van der Waals surface area contributed by atoms with Gasteiger partial charge in [-0.1, -0.05) is 51.8 Å². The summed E-state index contributed by atoms with van der Waals surface area (Å²) in [5.74, 6) is 0. The van der Waals surface area contributed by atoms with Gasteiger partial charge in [-0.2, -0.15) is 0 Å². The Morgan fingerprint density at radius 2 is 1.67 bits per heavy atom. The van der Waals surface area contributed by atoms with Crippen molar-refractivity contribution in [2.24, 2.45) is 0 Å². The van der Waals surface area contributed by atoms with Crippen LogP contribution >= 0.6 is 0 Å². The van der Waals surface area contributed by atoms with Crippen molar-refractivity contribution in [3.05, 3.63) is 23.8 Å². The zero-order chi connectivity index (χ0) is 9.40. The van der Waals surface area contributed by atoms with Crippen molar-refractivity contribution in [1.82, 2.24) is 0 Å². The fourth-order valence-electron chi connectivity index (χ4n) is 1.56. The van der Waals surface area contributed by atoms with Crippen LogP contribution in [0.15, 0.2) is 23.8 Å². The average molecular weight is 166 g/mol. The molecule has 12 heavy (non-hydrogen) atoms. The Bertz CT molecular complexity index is 151. The highest BCUT2D eigenvalue weighted by Crippen LogP contribution is 2.19. The third-order valence-electron chi connectivity index (χ3n) is 2.20. The lowest BCUT2D eigenvalue weighted by molar-refractivity contribution is 0.816. The van der Waals surface area contributed by atoms with Gasteiger partial charge in [0.15, 0.2) is 0 Å². The third kappa shape index (κ3) is 3.75. The molecule has 0 heterocycles. The fraction of sp³-hybridized carbons (Fsp3) is 0.667. The van der Waals surface area contributed by atoms with E-state index < -0.39 is 0 Å². The third-order valence-corrected chi connectivity index (χ3v) is 2.20. The molecule has 0 saturated carbocycles. The minimum Gasteiger partial charge on any atom is -0.0988 e. The van der Waals surface area contributed by atoms with E-state index in [1.54, 1.807) is 5.57 Å².